The molecule has 2 nitrogen and oxygen atoms in total. The van der Waals surface area contributed by atoms with Gasteiger partial charge in [0.05, 0.1) is 0 Å². The highest BCUT2D eigenvalue weighted by Crippen LogP contribution is 2.27. The molecule has 0 bridgehead atoms. The lowest BCUT2D eigenvalue weighted by Crippen LogP contribution is -2.26. The summed E-state index contributed by atoms with van der Waals surface area (Å²) < 4.78 is 13.1. The van der Waals surface area contributed by atoms with Crippen LogP contribution in [0.5, 0.6) is 0 Å². The molecule has 3 N–H and O–H groups in total. The molecule has 0 spiro atoms. The van der Waals surface area contributed by atoms with Gasteiger partial charge in [0, 0.05) is 5.69 Å². The standard InChI is InChI=1S/C11H15FN2.C2H6/c12-10-5-9(6-11(13)7-10)8-1-3-14-4-2-8;1-2/h5-8,14H,1-4,13H2;1-2H3. The molecule has 1 fully saturated rings. The second-order valence-corrected chi connectivity index (χ2v) is 3.84. The van der Waals surface area contributed by atoms with E-state index in [1.807, 2.05) is 19.9 Å². The maximum absolute atomic E-state index is 13.1. The molecule has 2 rings (SSSR count). The molecule has 16 heavy (non-hydrogen) atoms. The number of hydrogen-bond donors (Lipinski definition) is 2. The third-order valence-corrected chi connectivity index (χ3v) is 2.75. The molecule has 1 heterocycles. The number of anilines is 1. The second kappa shape index (κ2) is 6.48. The summed E-state index contributed by atoms with van der Waals surface area (Å²) in [5.41, 5.74) is 7.18. The number of benzene rings is 1. The Morgan fingerprint density at radius 2 is 1.81 bits per heavy atom. The zero-order valence-electron chi connectivity index (χ0n) is 10.1. The van der Waals surface area contributed by atoms with Crippen molar-refractivity contribution in [3.05, 3.63) is 29.6 Å². The molecule has 0 saturated carbocycles. The van der Waals surface area contributed by atoms with Crippen molar-refractivity contribution in [1.82, 2.24) is 5.32 Å². The zero-order chi connectivity index (χ0) is 12.0. The van der Waals surface area contributed by atoms with Crippen LogP contribution in [0, 0.1) is 5.82 Å². The van der Waals surface area contributed by atoms with Crippen molar-refractivity contribution in [2.24, 2.45) is 0 Å². The van der Waals surface area contributed by atoms with Gasteiger partial charge in [-0.25, -0.2) is 4.39 Å². The first-order valence-corrected chi connectivity index (χ1v) is 6.02. The summed E-state index contributed by atoms with van der Waals surface area (Å²) in [5, 5.41) is 3.29. The van der Waals surface area contributed by atoms with Gasteiger partial charge in [0.25, 0.3) is 0 Å². The molecule has 1 aliphatic heterocycles. The van der Waals surface area contributed by atoms with E-state index in [0.717, 1.165) is 31.5 Å². The summed E-state index contributed by atoms with van der Waals surface area (Å²) >= 11 is 0. The Labute approximate surface area is 97.0 Å². The van der Waals surface area contributed by atoms with Gasteiger partial charge < -0.3 is 11.1 Å². The quantitative estimate of drug-likeness (QED) is 0.720. The first-order valence-electron chi connectivity index (χ1n) is 6.02. The van der Waals surface area contributed by atoms with Gasteiger partial charge >= 0.3 is 0 Å². The number of rotatable bonds is 1. The lowest BCUT2D eigenvalue weighted by Gasteiger charge is -2.23. The van der Waals surface area contributed by atoms with E-state index in [1.165, 1.54) is 6.07 Å². The molecule has 1 saturated heterocycles. The van der Waals surface area contributed by atoms with Crippen LogP contribution in [0.3, 0.4) is 0 Å². The molecule has 1 aromatic rings. The predicted molar refractivity (Wildman–Crippen MR) is 67.0 cm³/mol. The number of nitrogens with two attached hydrogens (primary N) is 1. The minimum Gasteiger partial charge on any atom is -0.399 e. The van der Waals surface area contributed by atoms with Crippen LogP contribution in [0.15, 0.2) is 18.2 Å². The summed E-state index contributed by atoms with van der Waals surface area (Å²) in [6.07, 6.45) is 2.14. The summed E-state index contributed by atoms with van der Waals surface area (Å²) in [6, 6.07) is 4.86. The molecular weight excluding hydrogens is 203 g/mol. The lowest BCUT2D eigenvalue weighted by atomic mass is 9.90. The van der Waals surface area contributed by atoms with Crippen LogP contribution in [0.2, 0.25) is 0 Å². The van der Waals surface area contributed by atoms with E-state index in [1.54, 1.807) is 6.07 Å². The Kier molecular flexibility index (Phi) is 5.26. The highest BCUT2D eigenvalue weighted by atomic mass is 19.1. The van der Waals surface area contributed by atoms with Crippen molar-refractivity contribution in [2.45, 2.75) is 32.6 Å². The molecule has 0 aromatic heterocycles. The highest BCUT2D eigenvalue weighted by Gasteiger charge is 2.15. The van der Waals surface area contributed by atoms with Crippen molar-refractivity contribution in [3.8, 4) is 0 Å². The van der Waals surface area contributed by atoms with E-state index < -0.39 is 0 Å². The molecule has 3 heteroatoms. The van der Waals surface area contributed by atoms with E-state index in [2.05, 4.69) is 5.32 Å². The average molecular weight is 224 g/mol. The fraction of sp³-hybridized carbons (Fsp3) is 0.538. The van der Waals surface area contributed by atoms with E-state index in [-0.39, 0.29) is 5.82 Å². The van der Waals surface area contributed by atoms with Gasteiger partial charge in [0.1, 0.15) is 5.82 Å². The fourth-order valence-corrected chi connectivity index (χ4v) is 2.03. The third-order valence-electron chi connectivity index (χ3n) is 2.75. The number of hydrogen-bond acceptors (Lipinski definition) is 2. The molecule has 0 amide bonds. The summed E-state index contributed by atoms with van der Waals surface area (Å²) in [4.78, 5) is 0. The van der Waals surface area contributed by atoms with Crippen LogP contribution in [-0.4, -0.2) is 13.1 Å². The van der Waals surface area contributed by atoms with E-state index in [0.29, 0.717) is 11.6 Å². The van der Waals surface area contributed by atoms with E-state index >= 15 is 0 Å². The topological polar surface area (TPSA) is 38.0 Å². The highest BCUT2D eigenvalue weighted by molar-refractivity contribution is 5.42. The Balaban J connectivity index is 0.000000606. The van der Waals surface area contributed by atoms with Crippen molar-refractivity contribution in [1.29, 1.82) is 0 Å². The molecule has 90 valence electrons. The maximum Gasteiger partial charge on any atom is 0.125 e. The first-order chi connectivity index (χ1) is 7.75. The smallest absolute Gasteiger partial charge is 0.125 e. The number of nitrogen functional groups attached to an aromatic ring is 1. The van der Waals surface area contributed by atoms with Gasteiger partial charge in [-0.05, 0) is 55.6 Å². The Hall–Kier alpha value is -1.09. The Morgan fingerprint density at radius 3 is 2.38 bits per heavy atom. The summed E-state index contributed by atoms with van der Waals surface area (Å²) in [7, 11) is 0. The normalized spacial score (nSPS) is 16.4. The van der Waals surface area contributed by atoms with Gasteiger partial charge in [-0.15, -0.1) is 0 Å². The number of halogens is 1. The van der Waals surface area contributed by atoms with E-state index in [4.69, 9.17) is 5.73 Å². The number of piperidine rings is 1. The monoisotopic (exact) mass is 224 g/mol. The fourth-order valence-electron chi connectivity index (χ4n) is 2.03. The zero-order valence-corrected chi connectivity index (χ0v) is 10.1. The van der Waals surface area contributed by atoms with Gasteiger partial charge in [0.2, 0.25) is 0 Å². The molecule has 0 radical (unpaired) electrons. The SMILES string of the molecule is CC.Nc1cc(F)cc(C2CCNCC2)c1. The minimum atomic E-state index is -0.224. The predicted octanol–water partition coefficient (Wildman–Crippen LogP) is 2.90. The molecule has 1 aliphatic rings. The van der Waals surface area contributed by atoms with Crippen LogP contribution < -0.4 is 11.1 Å². The minimum absolute atomic E-state index is 0.224. The molecule has 0 unspecified atom stereocenters. The van der Waals surface area contributed by atoms with Crippen LogP contribution >= 0.6 is 0 Å². The second-order valence-electron chi connectivity index (χ2n) is 3.84. The van der Waals surface area contributed by atoms with Crippen LogP contribution in [0.4, 0.5) is 10.1 Å². The third kappa shape index (κ3) is 3.49. The van der Waals surface area contributed by atoms with Crippen molar-refractivity contribution >= 4 is 5.69 Å². The Bertz CT molecular complexity index is 299. The summed E-state index contributed by atoms with van der Waals surface area (Å²) in [6.45, 7) is 6.03. The van der Waals surface area contributed by atoms with Gasteiger partial charge in [-0.1, -0.05) is 13.8 Å². The summed E-state index contributed by atoms with van der Waals surface area (Å²) in [5.74, 6) is 0.243. The van der Waals surface area contributed by atoms with Crippen LogP contribution in [-0.2, 0) is 0 Å². The molecule has 0 aliphatic carbocycles. The van der Waals surface area contributed by atoms with Crippen molar-refractivity contribution in [3.63, 3.8) is 0 Å². The lowest BCUT2D eigenvalue weighted by molar-refractivity contribution is 0.458. The van der Waals surface area contributed by atoms with Crippen molar-refractivity contribution < 1.29 is 4.39 Å². The largest absolute Gasteiger partial charge is 0.399 e. The first kappa shape index (κ1) is 13.0. The molecule has 0 atom stereocenters. The van der Waals surface area contributed by atoms with Crippen LogP contribution in [0.25, 0.3) is 0 Å². The molecular formula is C13H21FN2. The maximum atomic E-state index is 13.1. The Morgan fingerprint density at radius 1 is 1.19 bits per heavy atom. The van der Waals surface area contributed by atoms with Gasteiger partial charge in [-0.2, -0.15) is 0 Å². The van der Waals surface area contributed by atoms with E-state index in [9.17, 15) is 4.39 Å². The van der Waals surface area contributed by atoms with Gasteiger partial charge in [0.15, 0.2) is 0 Å². The average Bonchev–Trinajstić information content (AvgIpc) is 2.32. The molecule has 1 aromatic carbocycles. The number of nitrogens with one attached hydrogen (secondary N) is 1. The van der Waals surface area contributed by atoms with Crippen LogP contribution in [0.1, 0.15) is 38.2 Å². The van der Waals surface area contributed by atoms with Crippen molar-refractivity contribution in [2.75, 3.05) is 18.8 Å². The van der Waals surface area contributed by atoms with Gasteiger partial charge in [-0.3, -0.25) is 0 Å².